The molecule has 0 amide bonds. The third-order valence-electron chi connectivity index (χ3n) is 6.84. The second kappa shape index (κ2) is 9.60. The largest absolute Gasteiger partial charge is 0.333 e. The molecule has 3 heterocycles. The van der Waals surface area contributed by atoms with Crippen molar-refractivity contribution < 1.29 is 21.8 Å². The molecule has 1 aliphatic rings. The Kier molecular flexibility index (Phi) is 6.66. The molecule has 4 aromatic rings. The molecule has 0 aliphatic heterocycles. The number of nitrogens with zero attached hydrogens (tertiary/aromatic N) is 4. The standard InChI is InChI=1S/C26H22ClF4N5O2S/c1-12-9-33-23(15-5-4-6-19(21(15)28)39(3,32)38)22(29)24(12)36-13(2)7-18(20(27)25(36)37)17-8-16(17)14-10-34-35(11-14)26(30)31/h4-7,9-11,16-17,26,32H,8H2,1-3H3/t16?,17-,39+/m1/s1. The van der Waals surface area contributed by atoms with Gasteiger partial charge in [0.05, 0.1) is 26.5 Å². The highest BCUT2D eigenvalue weighted by Gasteiger charge is 2.42. The van der Waals surface area contributed by atoms with Crippen LogP contribution in [0.4, 0.5) is 17.6 Å². The molecular formula is C26H22ClF4N5O2S. The van der Waals surface area contributed by atoms with Gasteiger partial charge in [-0.2, -0.15) is 13.9 Å². The number of alkyl halides is 2. The highest BCUT2D eigenvalue weighted by atomic mass is 35.5. The van der Waals surface area contributed by atoms with E-state index in [4.69, 9.17) is 16.4 Å². The number of hydrogen-bond donors (Lipinski definition) is 1. The van der Waals surface area contributed by atoms with Crippen molar-refractivity contribution in [3.63, 3.8) is 0 Å². The lowest BCUT2D eigenvalue weighted by atomic mass is 10.0. The Morgan fingerprint density at radius 2 is 1.87 bits per heavy atom. The first kappa shape index (κ1) is 27.1. The lowest BCUT2D eigenvalue weighted by Crippen LogP contribution is -2.24. The van der Waals surface area contributed by atoms with E-state index in [-0.39, 0.29) is 38.6 Å². The van der Waals surface area contributed by atoms with Gasteiger partial charge in [-0.25, -0.2) is 22.5 Å². The summed E-state index contributed by atoms with van der Waals surface area (Å²) in [4.78, 5) is 17.1. The Morgan fingerprint density at radius 3 is 2.51 bits per heavy atom. The zero-order valence-corrected chi connectivity index (χ0v) is 22.5. The molecular weight excluding hydrogens is 558 g/mol. The lowest BCUT2D eigenvalue weighted by molar-refractivity contribution is 0.0565. The minimum Gasteiger partial charge on any atom is -0.277 e. The predicted octanol–water partition coefficient (Wildman–Crippen LogP) is 6.35. The van der Waals surface area contributed by atoms with Gasteiger partial charge in [0.15, 0.2) is 5.82 Å². The van der Waals surface area contributed by atoms with Gasteiger partial charge >= 0.3 is 6.55 Å². The minimum atomic E-state index is -3.44. The molecule has 0 radical (unpaired) electrons. The third-order valence-corrected chi connectivity index (χ3v) is 8.37. The fraction of sp³-hybridized carbons (Fsp3) is 0.269. The molecule has 204 valence electrons. The van der Waals surface area contributed by atoms with E-state index < -0.39 is 39.2 Å². The van der Waals surface area contributed by atoms with E-state index in [1.54, 1.807) is 13.0 Å². The van der Waals surface area contributed by atoms with Crippen LogP contribution in [-0.4, -0.2) is 29.8 Å². The van der Waals surface area contributed by atoms with Crippen LogP contribution in [0, 0.1) is 30.3 Å². The van der Waals surface area contributed by atoms with Crippen molar-refractivity contribution in [2.75, 3.05) is 6.26 Å². The van der Waals surface area contributed by atoms with Crippen molar-refractivity contribution in [1.82, 2.24) is 19.3 Å². The maximum absolute atomic E-state index is 16.0. The zero-order valence-electron chi connectivity index (χ0n) is 20.9. The van der Waals surface area contributed by atoms with Crippen LogP contribution in [0.2, 0.25) is 5.02 Å². The molecule has 7 nitrogen and oxygen atoms in total. The Bertz CT molecular complexity index is 1800. The summed E-state index contributed by atoms with van der Waals surface area (Å²) < 4.78 is 78.6. The van der Waals surface area contributed by atoms with Gasteiger partial charge in [-0.05, 0) is 67.0 Å². The van der Waals surface area contributed by atoms with Crippen molar-refractivity contribution in [2.45, 2.75) is 43.5 Å². The molecule has 13 heteroatoms. The summed E-state index contributed by atoms with van der Waals surface area (Å²) in [6.07, 6.45) is 5.55. The van der Waals surface area contributed by atoms with Crippen molar-refractivity contribution in [1.29, 1.82) is 4.78 Å². The minimum absolute atomic E-state index is 0.139. The van der Waals surface area contributed by atoms with Gasteiger partial charge in [-0.15, -0.1) is 0 Å². The number of benzene rings is 1. The topological polar surface area (TPSA) is 93.6 Å². The van der Waals surface area contributed by atoms with Crippen LogP contribution >= 0.6 is 11.6 Å². The number of nitrogens with one attached hydrogen (secondary N) is 1. The first-order valence-electron chi connectivity index (χ1n) is 11.7. The summed E-state index contributed by atoms with van der Waals surface area (Å²) >= 11 is 6.50. The Morgan fingerprint density at radius 1 is 1.15 bits per heavy atom. The molecule has 1 fully saturated rings. The Balaban J connectivity index is 1.59. The van der Waals surface area contributed by atoms with Gasteiger partial charge in [0.2, 0.25) is 0 Å². The maximum atomic E-state index is 16.0. The molecule has 1 saturated carbocycles. The van der Waals surface area contributed by atoms with Gasteiger partial charge < -0.3 is 0 Å². The molecule has 0 spiro atoms. The first-order chi connectivity index (χ1) is 18.3. The van der Waals surface area contributed by atoms with E-state index in [1.165, 1.54) is 43.7 Å². The number of aromatic nitrogens is 4. The highest BCUT2D eigenvalue weighted by Crippen LogP contribution is 2.56. The number of pyridine rings is 2. The number of rotatable bonds is 6. The molecule has 1 unspecified atom stereocenters. The molecule has 0 bridgehead atoms. The Hall–Kier alpha value is -3.51. The monoisotopic (exact) mass is 579 g/mol. The van der Waals surface area contributed by atoms with E-state index in [9.17, 15) is 17.8 Å². The first-order valence-corrected chi connectivity index (χ1v) is 14.1. The summed E-state index contributed by atoms with van der Waals surface area (Å²) in [7, 11) is -3.44. The van der Waals surface area contributed by atoms with Crippen LogP contribution in [-0.2, 0) is 9.73 Å². The van der Waals surface area contributed by atoms with E-state index in [1.807, 2.05) is 0 Å². The third kappa shape index (κ3) is 4.65. The molecule has 0 saturated heterocycles. The molecule has 1 aliphatic carbocycles. The van der Waals surface area contributed by atoms with Crippen molar-refractivity contribution in [3.05, 3.63) is 92.3 Å². The fourth-order valence-corrected chi connectivity index (χ4v) is 5.93. The summed E-state index contributed by atoms with van der Waals surface area (Å²) in [6, 6.07) is 5.45. The number of hydrogen-bond acceptors (Lipinski definition) is 5. The highest BCUT2D eigenvalue weighted by molar-refractivity contribution is 7.91. The molecule has 5 rings (SSSR count). The predicted molar refractivity (Wildman–Crippen MR) is 138 cm³/mol. The Labute approximate surface area is 226 Å². The summed E-state index contributed by atoms with van der Waals surface area (Å²) in [5.41, 5.74) is 0.173. The second-order valence-corrected chi connectivity index (χ2v) is 12.1. The van der Waals surface area contributed by atoms with Crippen molar-refractivity contribution in [2.24, 2.45) is 0 Å². The molecule has 3 aromatic heterocycles. The van der Waals surface area contributed by atoms with E-state index in [2.05, 4.69) is 10.1 Å². The lowest BCUT2D eigenvalue weighted by Gasteiger charge is -2.18. The van der Waals surface area contributed by atoms with Gasteiger partial charge in [0.1, 0.15) is 16.5 Å². The average molecular weight is 580 g/mol. The zero-order chi connectivity index (χ0) is 28.4. The van der Waals surface area contributed by atoms with Gasteiger partial charge in [0, 0.05) is 29.9 Å². The van der Waals surface area contributed by atoms with Crippen LogP contribution in [0.1, 0.15) is 47.2 Å². The van der Waals surface area contributed by atoms with Crippen LogP contribution in [0.3, 0.4) is 0 Å². The van der Waals surface area contributed by atoms with E-state index in [0.29, 0.717) is 27.9 Å². The van der Waals surface area contributed by atoms with E-state index in [0.717, 1.165) is 10.8 Å². The molecule has 1 N–H and O–H groups in total. The van der Waals surface area contributed by atoms with Crippen LogP contribution in [0.5, 0.6) is 0 Å². The maximum Gasteiger partial charge on any atom is 0.333 e. The quantitative estimate of drug-likeness (QED) is 0.270. The van der Waals surface area contributed by atoms with Crippen LogP contribution < -0.4 is 5.56 Å². The summed E-state index contributed by atoms with van der Waals surface area (Å²) in [5, 5.41) is 3.52. The summed E-state index contributed by atoms with van der Waals surface area (Å²) in [6.45, 7) is 0.374. The van der Waals surface area contributed by atoms with E-state index >= 15 is 8.78 Å². The van der Waals surface area contributed by atoms with Gasteiger partial charge in [-0.1, -0.05) is 17.7 Å². The molecule has 39 heavy (non-hydrogen) atoms. The van der Waals surface area contributed by atoms with Crippen molar-refractivity contribution in [3.8, 4) is 16.9 Å². The normalized spacial score (nSPS) is 18.4. The number of halogens is 5. The smallest absolute Gasteiger partial charge is 0.277 e. The van der Waals surface area contributed by atoms with Crippen molar-refractivity contribution >= 4 is 21.3 Å². The molecule has 1 aromatic carbocycles. The second-order valence-electron chi connectivity index (χ2n) is 9.59. The molecule has 3 atom stereocenters. The SMILES string of the molecule is Cc1cnc(-c2cccc([S@@](C)(=N)=O)c2F)c(F)c1-n1c(C)cc([C@@H]2CC2c2cnn(C(F)F)c2)c(Cl)c1=O. The fourth-order valence-electron chi connectivity index (χ4n) is 4.86. The van der Waals surface area contributed by atoms with Gasteiger partial charge in [-0.3, -0.25) is 14.3 Å². The van der Waals surface area contributed by atoms with Gasteiger partial charge in [0.25, 0.3) is 5.56 Å². The average Bonchev–Trinajstić information content (AvgIpc) is 3.49. The van der Waals surface area contributed by atoms with Crippen LogP contribution in [0.25, 0.3) is 16.9 Å². The number of aryl methyl sites for hydroxylation is 2. The van der Waals surface area contributed by atoms with Crippen LogP contribution in [0.15, 0.2) is 52.5 Å². The summed E-state index contributed by atoms with van der Waals surface area (Å²) in [5.74, 6) is -2.36.